The second-order valence-corrected chi connectivity index (χ2v) is 5.71. The largest absolute Gasteiger partial charge is 0.422 e. The van der Waals surface area contributed by atoms with Crippen LogP contribution in [0.2, 0.25) is 0 Å². The second-order valence-electron chi connectivity index (χ2n) is 3.73. The maximum atomic E-state index is 11.7. The van der Waals surface area contributed by atoms with Crippen LogP contribution in [0.3, 0.4) is 0 Å². The molecule has 0 aliphatic heterocycles. The van der Waals surface area contributed by atoms with Gasteiger partial charge in [0.15, 0.2) is 0 Å². The molecule has 5 nitrogen and oxygen atoms in total. The summed E-state index contributed by atoms with van der Waals surface area (Å²) in [5, 5.41) is 4.60. The van der Waals surface area contributed by atoms with E-state index in [1.54, 1.807) is 11.4 Å². The van der Waals surface area contributed by atoms with Gasteiger partial charge in [-0.2, -0.15) is 0 Å². The Morgan fingerprint density at radius 3 is 2.94 bits per heavy atom. The zero-order valence-electron chi connectivity index (χ0n) is 9.37. The molecule has 0 saturated heterocycles. The highest BCUT2D eigenvalue weighted by Crippen LogP contribution is 2.16. The summed E-state index contributed by atoms with van der Waals surface area (Å²) in [6.07, 6.45) is 0. The fourth-order valence-corrected chi connectivity index (χ4v) is 3.11. The van der Waals surface area contributed by atoms with E-state index in [-0.39, 0.29) is 0 Å². The molecule has 3 heterocycles. The molecule has 0 aliphatic carbocycles. The molecular weight excluding hydrogens is 272 g/mol. The van der Waals surface area contributed by atoms with E-state index in [2.05, 4.69) is 4.98 Å². The normalized spacial score (nSPS) is 11.2. The van der Waals surface area contributed by atoms with Crippen molar-refractivity contribution >= 4 is 32.9 Å². The van der Waals surface area contributed by atoms with Crippen LogP contribution in [0.25, 0.3) is 10.2 Å². The standard InChI is InChI=1S/C11H8N2O3S2/c1-6-12-7(5-18-6)4-13-8-2-3-17-9(8)10(14)16-11(13)15/h2-3,5H,4H2,1H3. The lowest BCUT2D eigenvalue weighted by atomic mass is 10.4. The first-order chi connectivity index (χ1) is 8.65. The zero-order valence-corrected chi connectivity index (χ0v) is 11.0. The van der Waals surface area contributed by atoms with Crippen LogP contribution in [0.5, 0.6) is 0 Å². The van der Waals surface area contributed by atoms with Gasteiger partial charge in [-0.05, 0) is 18.4 Å². The van der Waals surface area contributed by atoms with Crippen molar-refractivity contribution in [3.63, 3.8) is 0 Å². The second kappa shape index (κ2) is 4.18. The molecule has 0 amide bonds. The smallest absolute Gasteiger partial charge is 0.371 e. The third-order valence-corrected chi connectivity index (χ3v) is 4.21. The number of hydrogen-bond acceptors (Lipinski definition) is 6. The van der Waals surface area contributed by atoms with Crippen molar-refractivity contribution in [2.24, 2.45) is 0 Å². The van der Waals surface area contributed by atoms with Crippen LogP contribution in [0, 0.1) is 6.92 Å². The number of rotatable bonds is 2. The van der Waals surface area contributed by atoms with E-state index < -0.39 is 11.4 Å². The summed E-state index contributed by atoms with van der Waals surface area (Å²) in [6, 6.07) is 1.75. The Morgan fingerprint density at radius 1 is 1.39 bits per heavy atom. The van der Waals surface area contributed by atoms with Crippen LogP contribution in [-0.4, -0.2) is 9.55 Å². The van der Waals surface area contributed by atoms with Crippen molar-refractivity contribution in [2.75, 3.05) is 0 Å². The number of hydrogen-bond donors (Lipinski definition) is 0. The number of fused-ring (bicyclic) bond motifs is 1. The first-order valence-corrected chi connectivity index (χ1v) is 6.93. The van der Waals surface area contributed by atoms with Crippen molar-refractivity contribution in [3.8, 4) is 0 Å². The average molecular weight is 280 g/mol. The predicted molar refractivity (Wildman–Crippen MR) is 70.6 cm³/mol. The SMILES string of the molecule is Cc1nc(Cn2c(=O)oc(=O)c3sccc32)cs1. The fourth-order valence-electron chi connectivity index (χ4n) is 1.74. The average Bonchev–Trinajstić information content (AvgIpc) is 2.93. The van der Waals surface area contributed by atoms with Gasteiger partial charge in [0, 0.05) is 5.38 Å². The van der Waals surface area contributed by atoms with E-state index in [0.29, 0.717) is 16.8 Å². The number of thiazole rings is 1. The Hall–Kier alpha value is -1.73. The molecule has 0 spiro atoms. The molecule has 0 N–H and O–H groups in total. The molecule has 0 saturated carbocycles. The first kappa shape index (κ1) is 11.4. The summed E-state index contributed by atoms with van der Waals surface area (Å²) in [5.41, 5.74) is 0.823. The highest BCUT2D eigenvalue weighted by Gasteiger charge is 2.11. The van der Waals surface area contributed by atoms with Crippen LogP contribution in [0.4, 0.5) is 0 Å². The summed E-state index contributed by atoms with van der Waals surface area (Å²) >= 11 is 2.79. The minimum atomic E-state index is -0.642. The van der Waals surface area contributed by atoms with Crippen molar-refractivity contribution in [1.29, 1.82) is 0 Å². The van der Waals surface area contributed by atoms with Gasteiger partial charge in [-0.3, -0.25) is 4.57 Å². The van der Waals surface area contributed by atoms with Gasteiger partial charge in [0.05, 0.1) is 22.8 Å². The van der Waals surface area contributed by atoms with E-state index in [9.17, 15) is 9.59 Å². The Labute approximate surface area is 109 Å². The molecule has 0 bridgehead atoms. The first-order valence-electron chi connectivity index (χ1n) is 5.17. The zero-order chi connectivity index (χ0) is 12.7. The molecule has 0 aliphatic rings. The number of aromatic nitrogens is 2. The molecule has 3 rings (SSSR count). The highest BCUT2D eigenvalue weighted by atomic mass is 32.1. The fraction of sp³-hybridized carbons (Fsp3) is 0.182. The molecule has 0 fully saturated rings. The summed E-state index contributed by atoms with van der Waals surface area (Å²) in [7, 11) is 0. The van der Waals surface area contributed by atoms with Gasteiger partial charge in [-0.1, -0.05) is 0 Å². The van der Waals surface area contributed by atoms with Gasteiger partial charge in [-0.15, -0.1) is 22.7 Å². The topological polar surface area (TPSA) is 65.1 Å². The highest BCUT2D eigenvalue weighted by molar-refractivity contribution is 7.17. The summed E-state index contributed by atoms with van der Waals surface area (Å²) in [6.45, 7) is 2.22. The lowest BCUT2D eigenvalue weighted by Crippen LogP contribution is -2.24. The Bertz CT molecular complexity index is 825. The summed E-state index contributed by atoms with van der Waals surface area (Å²) < 4.78 is 6.59. The number of thiophene rings is 1. The van der Waals surface area contributed by atoms with Crippen molar-refractivity contribution in [1.82, 2.24) is 9.55 Å². The molecule has 7 heteroatoms. The predicted octanol–water partition coefficient (Wildman–Crippen LogP) is 1.83. The van der Waals surface area contributed by atoms with Gasteiger partial charge in [0.1, 0.15) is 4.70 Å². The lowest BCUT2D eigenvalue weighted by Gasteiger charge is -2.03. The van der Waals surface area contributed by atoms with E-state index in [0.717, 1.165) is 10.7 Å². The molecule has 0 atom stereocenters. The molecule has 0 aromatic carbocycles. The Kier molecular flexibility index (Phi) is 2.64. The maximum absolute atomic E-state index is 11.7. The van der Waals surface area contributed by atoms with Crippen molar-refractivity contribution in [2.45, 2.75) is 13.5 Å². The van der Waals surface area contributed by atoms with Crippen LogP contribution in [-0.2, 0) is 6.54 Å². The lowest BCUT2D eigenvalue weighted by molar-refractivity contribution is 0.425. The van der Waals surface area contributed by atoms with Gasteiger partial charge in [-0.25, -0.2) is 14.6 Å². The third kappa shape index (κ3) is 1.81. The maximum Gasteiger partial charge on any atom is 0.422 e. The van der Waals surface area contributed by atoms with Gasteiger partial charge in [0.25, 0.3) is 0 Å². The van der Waals surface area contributed by atoms with E-state index in [1.165, 1.54) is 27.2 Å². The van der Waals surface area contributed by atoms with E-state index in [1.807, 2.05) is 12.3 Å². The van der Waals surface area contributed by atoms with Crippen LogP contribution >= 0.6 is 22.7 Å². The van der Waals surface area contributed by atoms with Gasteiger partial charge < -0.3 is 4.42 Å². The van der Waals surface area contributed by atoms with Crippen molar-refractivity contribution < 1.29 is 4.42 Å². The summed E-state index contributed by atoms with van der Waals surface area (Å²) in [4.78, 5) is 27.5. The molecule has 3 aromatic rings. The van der Waals surface area contributed by atoms with E-state index in [4.69, 9.17) is 4.42 Å². The van der Waals surface area contributed by atoms with Crippen molar-refractivity contribution in [3.05, 3.63) is 48.5 Å². The minimum absolute atomic E-state index is 0.320. The quantitative estimate of drug-likeness (QED) is 0.718. The molecular formula is C11H8N2O3S2. The van der Waals surface area contributed by atoms with Gasteiger partial charge in [0.2, 0.25) is 0 Å². The molecule has 92 valence electrons. The Balaban J connectivity index is 2.20. The monoisotopic (exact) mass is 280 g/mol. The van der Waals surface area contributed by atoms with Gasteiger partial charge >= 0.3 is 11.4 Å². The molecule has 0 radical (unpaired) electrons. The number of nitrogens with zero attached hydrogens (tertiary/aromatic N) is 2. The number of aryl methyl sites for hydroxylation is 1. The minimum Gasteiger partial charge on any atom is -0.371 e. The third-order valence-electron chi connectivity index (χ3n) is 2.51. The summed E-state index contributed by atoms with van der Waals surface area (Å²) in [5.74, 6) is -0.642. The van der Waals surface area contributed by atoms with Crippen LogP contribution < -0.4 is 11.4 Å². The van der Waals surface area contributed by atoms with Crippen LogP contribution in [0.15, 0.2) is 30.8 Å². The molecule has 3 aromatic heterocycles. The van der Waals surface area contributed by atoms with E-state index >= 15 is 0 Å². The molecule has 0 unspecified atom stereocenters. The Morgan fingerprint density at radius 2 is 2.22 bits per heavy atom. The molecule has 18 heavy (non-hydrogen) atoms. The van der Waals surface area contributed by atoms with Crippen LogP contribution in [0.1, 0.15) is 10.7 Å².